The highest BCUT2D eigenvalue weighted by molar-refractivity contribution is 5.89. The fourth-order valence-electron chi connectivity index (χ4n) is 3.16. The van der Waals surface area contributed by atoms with Crippen LogP contribution in [-0.2, 0) is 4.74 Å². The Morgan fingerprint density at radius 1 is 1.14 bits per heavy atom. The third-order valence-corrected chi connectivity index (χ3v) is 4.66. The molecule has 0 aliphatic carbocycles. The molecule has 0 saturated carbocycles. The maximum atomic E-state index is 12.5. The first-order valence-corrected chi connectivity index (χ1v) is 9.73. The normalized spacial score (nSPS) is 16.1. The predicted octanol–water partition coefficient (Wildman–Crippen LogP) is 4.77. The van der Waals surface area contributed by atoms with Gasteiger partial charge in [0.1, 0.15) is 17.2 Å². The summed E-state index contributed by atoms with van der Waals surface area (Å²) in [5.41, 5.74) is 0.744. The Hall–Kier alpha value is -2.73. The summed E-state index contributed by atoms with van der Waals surface area (Å²) in [5.74, 6) is 2.56. The quantitative estimate of drug-likeness (QED) is 0.666. The molecule has 2 aromatic carbocycles. The number of ether oxygens (including phenoxy) is 3. The van der Waals surface area contributed by atoms with Crippen LogP contribution in [0.4, 0.5) is 10.5 Å². The molecule has 1 aliphatic heterocycles. The average molecular weight is 384 g/mol. The van der Waals surface area contributed by atoms with E-state index < -0.39 is 0 Å². The first-order valence-electron chi connectivity index (χ1n) is 9.73. The van der Waals surface area contributed by atoms with E-state index in [-0.39, 0.29) is 6.03 Å². The fourth-order valence-corrected chi connectivity index (χ4v) is 3.16. The van der Waals surface area contributed by atoms with E-state index in [4.69, 9.17) is 14.2 Å². The summed E-state index contributed by atoms with van der Waals surface area (Å²) in [6, 6.07) is 14.7. The van der Waals surface area contributed by atoms with Crippen LogP contribution in [0.5, 0.6) is 17.2 Å². The molecule has 0 unspecified atom stereocenters. The minimum absolute atomic E-state index is 0.0699. The van der Waals surface area contributed by atoms with Gasteiger partial charge in [-0.15, -0.1) is 0 Å². The largest absolute Gasteiger partial charge is 0.497 e. The lowest BCUT2D eigenvalue weighted by Crippen LogP contribution is -2.33. The second-order valence-corrected chi connectivity index (χ2v) is 6.91. The van der Waals surface area contributed by atoms with Gasteiger partial charge in [0.2, 0.25) is 0 Å². The number of rotatable bonds is 8. The van der Waals surface area contributed by atoms with Gasteiger partial charge < -0.3 is 24.4 Å². The zero-order valence-electron chi connectivity index (χ0n) is 16.5. The van der Waals surface area contributed by atoms with Crippen molar-refractivity contribution in [2.45, 2.75) is 19.8 Å². The van der Waals surface area contributed by atoms with Crippen molar-refractivity contribution in [3.8, 4) is 17.2 Å². The van der Waals surface area contributed by atoms with Crippen molar-refractivity contribution in [2.24, 2.45) is 5.92 Å². The maximum absolute atomic E-state index is 12.5. The van der Waals surface area contributed by atoms with E-state index in [1.165, 1.54) is 0 Å². The first-order chi connectivity index (χ1) is 13.7. The molecule has 0 radical (unpaired) electrons. The first kappa shape index (κ1) is 20.0. The Morgan fingerprint density at radius 3 is 2.68 bits per heavy atom. The standard InChI is InChI=1S/C22H28N2O4/c1-3-13-27-16-17-11-12-24(15-17)22(25)23-18-7-9-19(10-8-18)28-21-6-4-5-20(14-21)26-2/h4-10,14,17H,3,11-13,15-16H2,1-2H3,(H,23,25)/t17-/m1/s1. The molecule has 1 heterocycles. The van der Waals surface area contributed by atoms with Crippen LogP contribution in [0, 0.1) is 5.92 Å². The summed E-state index contributed by atoms with van der Waals surface area (Å²) < 4.78 is 16.6. The summed E-state index contributed by atoms with van der Waals surface area (Å²) in [5, 5.41) is 2.95. The van der Waals surface area contributed by atoms with Gasteiger partial charge in [-0.1, -0.05) is 13.0 Å². The van der Waals surface area contributed by atoms with E-state index in [1.807, 2.05) is 53.4 Å². The monoisotopic (exact) mass is 384 g/mol. The van der Waals surface area contributed by atoms with Crippen LogP contribution in [0.2, 0.25) is 0 Å². The Kier molecular flexibility index (Phi) is 7.14. The number of nitrogens with zero attached hydrogens (tertiary/aromatic N) is 1. The molecule has 1 fully saturated rings. The number of carbonyl (C=O) groups excluding carboxylic acids is 1. The number of methoxy groups -OCH3 is 1. The topological polar surface area (TPSA) is 60.0 Å². The van der Waals surface area contributed by atoms with Gasteiger partial charge in [0.15, 0.2) is 0 Å². The third kappa shape index (κ3) is 5.63. The zero-order chi connectivity index (χ0) is 19.8. The van der Waals surface area contributed by atoms with Gasteiger partial charge in [0, 0.05) is 37.4 Å². The number of nitrogens with one attached hydrogen (secondary N) is 1. The number of urea groups is 1. The molecule has 6 nitrogen and oxygen atoms in total. The highest BCUT2D eigenvalue weighted by Gasteiger charge is 2.26. The van der Waals surface area contributed by atoms with Gasteiger partial charge in [-0.05, 0) is 49.2 Å². The smallest absolute Gasteiger partial charge is 0.321 e. The molecule has 1 atom stereocenters. The Bertz CT molecular complexity index is 763. The number of amides is 2. The van der Waals surface area contributed by atoms with E-state index in [2.05, 4.69) is 12.2 Å². The predicted molar refractivity (Wildman–Crippen MR) is 109 cm³/mol. The highest BCUT2D eigenvalue weighted by atomic mass is 16.5. The lowest BCUT2D eigenvalue weighted by Gasteiger charge is -2.17. The van der Waals surface area contributed by atoms with E-state index in [9.17, 15) is 4.79 Å². The summed E-state index contributed by atoms with van der Waals surface area (Å²) in [7, 11) is 1.62. The number of hydrogen-bond donors (Lipinski definition) is 1. The molecule has 1 aliphatic rings. The van der Waals surface area contributed by atoms with E-state index >= 15 is 0 Å². The molecule has 6 heteroatoms. The van der Waals surface area contributed by atoms with Gasteiger partial charge in [-0.3, -0.25) is 0 Å². The van der Waals surface area contributed by atoms with E-state index in [0.717, 1.165) is 50.6 Å². The van der Waals surface area contributed by atoms with Crippen LogP contribution in [0.15, 0.2) is 48.5 Å². The SMILES string of the molecule is CCCOC[C@@H]1CCN(C(=O)Nc2ccc(Oc3cccc(OC)c3)cc2)C1. The van der Waals surface area contributed by atoms with Crippen molar-refractivity contribution < 1.29 is 19.0 Å². The second kappa shape index (κ2) is 9.99. The molecule has 28 heavy (non-hydrogen) atoms. The molecular formula is C22H28N2O4. The molecule has 0 aromatic heterocycles. The Balaban J connectivity index is 1.49. The van der Waals surface area contributed by atoms with Crippen LogP contribution < -0.4 is 14.8 Å². The van der Waals surface area contributed by atoms with Crippen LogP contribution in [0.3, 0.4) is 0 Å². The highest BCUT2D eigenvalue weighted by Crippen LogP contribution is 2.26. The number of likely N-dealkylation sites (tertiary alicyclic amines) is 1. The molecule has 1 N–H and O–H groups in total. The molecule has 0 spiro atoms. The summed E-state index contributed by atoms with van der Waals surface area (Å²) in [6.07, 6.45) is 2.01. The lowest BCUT2D eigenvalue weighted by atomic mass is 10.1. The second-order valence-electron chi connectivity index (χ2n) is 6.91. The lowest BCUT2D eigenvalue weighted by molar-refractivity contribution is 0.103. The number of carbonyl (C=O) groups is 1. The van der Waals surface area contributed by atoms with Gasteiger partial charge in [0.25, 0.3) is 0 Å². The Morgan fingerprint density at radius 2 is 1.93 bits per heavy atom. The summed E-state index contributed by atoms with van der Waals surface area (Å²) in [6.45, 7) is 5.12. The molecule has 2 amide bonds. The third-order valence-electron chi connectivity index (χ3n) is 4.66. The number of hydrogen-bond acceptors (Lipinski definition) is 4. The van der Waals surface area contributed by atoms with Crippen molar-refractivity contribution in [2.75, 3.05) is 38.7 Å². The summed E-state index contributed by atoms with van der Waals surface area (Å²) in [4.78, 5) is 14.3. The number of anilines is 1. The van der Waals surface area contributed by atoms with E-state index in [0.29, 0.717) is 17.4 Å². The zero-order valence-corrected chi connectivity index (χ0v) is 16.5. The fraction of sp³-hybridized carbons (Fsp3) is 0.409. The molecule has 2 aromatic rings. The number of benzene rings is 2. The minimum Gasteiger partial charge on any atom is -0.497 e. The van der Waals surface area contributed by atoms with Crippen molar-refractivity contribution in [3.05, 3.63) is 48.5 Å². The Labute approximate surface area is 166 Å². The molecular weight excluding hydrogens is 356 g/mol. The van der Waals surface area contributed by atoms with E-state index in [1.54, 1.807) is 7.11 Å². The molecule has 1 saturated heterocycles. The average Bonchev–Trinajstić information content (AvgIpc) is 3.19. The van der Waals surface area contributed by atoms with Crippen LogP contribution in [-0.4, -0.2) is 44.3 Å². The van der Waals surface area contributed by atoms with Crippen molar-refractivity contribution in [1.82, 2.24) is 4.90 Å². The van der Waals surface area contributed by atoms with Crippen LogP contribution >= 0.6 is 0 Å². The van der Waals surface area contributed by atoms with Gasteiger partial charge >= 0.3 is 6.03 Å². The molecule has 3 rings (SSSR count). The van der Waals surface area contributed by atoms with Gasteiger partial charge in [-0.2, -0.15) is 0 Å². The van der Waals surface area contributed by atoms with Crippen molar-refractivity contribution in [1.29, 1.82) is 0 Å². The summed E-state index contributed by atoms with van der Waals surface area (Å²) >= 11 is 0. The molecule has 150 valence electrons. The van der Waals surface area contributed by atoms with Crippen molar-refractivity contribution in [3.63, 3.8) is 0 Å². The van der Waals surface area contributed by atoms with Gasteiger partial charge in [-0.25, -0.2) is 4.79 Å². The van der Waals surface area contributed by atoms with Gasteiger partial charge in [0.05, 0.1) is 13.7 Å². The maximum Gasteiger partial charge on any atom is 0.321 e. The van der Waals surface area contributed by atoms with Crippen LogP contribution in [0.1, 0.15) is 19.8 Å². The molecule has 0 bridgehead atoms. The van der Waals surface area contributed by atoms with Crippen LogP contribution in [0.25, 0.3) is 0 Å². The van der Waals surface area contributed by atoms with Crippen molar-refractivity contribution >= 4 is 11.7 Å². The minimum atomic E-state index is -0.0699.